The Kier molecular flexibility index (Phi) is 5.05. The van der Waals surface area contributed by atoms with Gasteiger partial charge >= 0.3 is 0 Å². The van der Waals surface area contributed by atoms with Crippen molar-refractivity contribution in [1.82, 2.24) is 19.9 Å². The number of aromatic nitrogens is 3. The molecule has 0 unspecified atom stereocenters. The zero-order chi connectivity index (χ0) is 16.9. The van der Waals surface area contributed by atoms with E-state index in [0.717, 1.165) is 11.5 Å². The highest BCUT2D eigenvalue weighted by atomic mass is 35.5. The lowest BCUT2D eigenvalue weighted by Crippen LogP contribution is -2.27. The molecule has 3 aromatic rings. The van der Waals surface area contributed by atoms with E-state index < -0.39 is 5.82 Å². The molecule has 0 saturated carbocycles. The van der Waals surface area contributed by atoms with Gasteiger partial charge in [-0.25, -0.2) is 4.39 Å². The zero-order valence-electron chi connectivity index (χ0n) is 12.9. The third-order valence-electron chi connectivity index (χ3n) is 3.68. The van der Waals surface area contributed by atoms with Gasteiger partial charge in [-0.3, -0.25) is 9.20 Å². The van der Waals surface area contributed by atoms with Gasteiger partial charge in [0.25, 0.3) is 0 Å². The monoisotopic (exact) mass is 346 g/mol. The van der Waals surface area contributed by atoms with Gasteiger partial charge in [0.05, 0.1) is 6.42 Å². The minimum atomic E-state index is -0.465. The van der Waals surface area contributed by atoms with Crippen molar-refractivity contribution in [3.05, 3.63) is 64.8 Å². The largest absolute Gasteiger partial charge is 0.356 e. The van der Waals surface area contributed by atoms with Gasteiger partial charge in [-0.1, -0.05) is 23.7 Å². The highest BCUT2D eigenvalue weighted by molar-refractivity contribution is 6.31. The first-order valence-corrected chi connectivity index (χ1v) is 8.01. The number of benzene rings is 1. The third kappa shape index (κ3) is 3.71. The number of carbonyl (C=O) groups excluding carboxylic acids is 1. The molecule has 24 heavy (non-hydrogen) atoms. The number of hydrogen-bond donors (Lipinski definition) is 1. The number of carbonyl (C=O) groups is 1. The standard InChI is InChI=1S/C17H16ClFN4O/c18-13-5-3-6-14(19)12(13)11-17(24)20-9-4-8-16-22-21-15-7-1-2-10-23(15)16/h1-3,5-7,10H,4,8-9,11H2,(H,20,24). The van der Waals surface area contributed by atoms with E-state index in [1.807, 2.05) is 28.8 Å². The summed E-state index contributed by atoms with van der Waals surface area (Å²) in [6.45, 7) is 0.479. The number of aryl methyl sites for hydroxylation is 1. The Morgan fingerprint density at radius 3 is 2.92 bits per heavy atom. The van der Waals surface area contributed by atoms with Crippen LogP contribution in [0.3, 0.4) is 0 Å². The summed E-state index contributed by atoms with van der Waals surface area (Å²) in [6, 6.07) is 10.1. The van der Waals surface area contributed by atoms with Gasteiger partial charge in [-0.05, 0) is 30.7 Å². The Morgan fingerprint density at radius 1 is 1.21 bits per heavy atom. The molecule has 124 valence electrons. The van der Waals surface area contributed by atoms with Crippen LogP contribution in [0.1, 0.15) is 17.8 Å². The molecule has 0 atom stereocenters. The average Bonchev–Trinajstić information content (AvgIpc) is 2.98. The molecule has 1 N–H and O–H groups in total. The predicted molar refractivity (Wildman–Crippen MR) is 89.4 cm³/mol. The molecule has 0 spiro atoms. The van der Waals surface area contributed by atoms with Crippen molar-refractivity contribution in [2.75, 3.05) is 6.54 Å². The molecule has 7 heteroatoms. The van der Waals surface area contributed by atoms with Crippen LogP contribution in [-0.4, -0.2) is 27.0 Å². The summed E-state index contributed by atoms with van der Waals surface area (Å²) in [7, 11) is 0. The molecule has 0 aliphatic rings. The minimum absolute atomic E-state index is 0.0701. The molecule has 2 aromatic heterocycles. The van der Waals surface area contributed by atoms with Crippen LogP contribution in [-0.2, 0) is 17.6 Å². The number of hydrogen-bond acceptors (Lipinski definition) is 3. The van der Waals surface area contributed by atoms with Gasteiger partial charge in [0, 0.05) is 29.7 Å². The van der Waals surface area contributed by atoms with Crippen molar-refractivity contribution in [3.8, 4) is 0 Å². The summed E-state index contributed by atoms with van der Waals surface area (Å²) in [6.07, 6.45) is 3.24. The minimum Gasteiger partial charge on any atom is -0.356 e. The van der Waals surface area contributed by atoms with Crippen molar-refractivity contribution >= 4 is 23.2 Å². The van der Waals surface area contributed by atoms with Gasteiger partial charge in [-0.15, -0.1) is 10.2 Å². The van der Waals surface area contributed by atoms with Crippen LogP contribution < -0.4 is 5.32 Å². The number of nitrogens with zero attached hydrogens (tertiary/aromatic N) is 3. The number of pyridine rings is 1. The summed E-state index contributed by atoms with van der Waals surface area (Å²) in [5.74, 6) is 0.123. The van der Waals surface area contributed by atoms with Crippen LogP contribution in [0.15, 0.2) is 42.6 Å². The lowest BCUT2D eigenvalue weighted by Gasteiger charge is -2.07. The van der Waals surface area contributed by atoms with Gasteiger partial charge in [0.15, 0.2) is 5.65 Å². The van der Waals surface area contributed by atoms with Crippen LogP contribution in [0.25, 0.3) is 5.65 Å². The Morgan fingerprint density at radius 2 is 2.08 bits per heavy atom. The second kappa shape index (κ2) is 7.40. The summed E-state index contributed by atoms with van der Waals surface area (Å²) < 4.78 is 15.6. The molecule has 3 rings (SSSR count). The Balaban J connectivity index is 1.49. The quantitative estimate of drug-likeness (QED) is 0.698. The molecule has 2 heterocycles. The first-order valence-electron chi connectivity index (χ1n) is 7.63. The first-order chi connectivity index (χ1) is 11.6. The number of amides is 1. The summed E-state index contributed by atoms with van der Waals surface area (Å²) in [5.41, 5.74) is 1.02. The Hall–Kier alpha value is -2.47. The molecule has 0 fully saturated rings. The number of fused-ring (bicyclic) bond motifs is 1. The SMILES string of the molecule is O=C(Cc1c(F)cccc1Cl)NCCCc1nnc2ccccn12. The van der Waals surface area contributed by atoms with E-state index in [-0.39, 0.29) is 22.9 Å². The van der Waals surface area contributed by atoms with Crippen molar-refractivity contribution in [2.45, 2.75) is 19.3 Å². The zero-order valence-corrected chi connectivity index (χ0v) is 13.6. The summed E-state index contributed by atoms with van der Waals surface area (Å²) >= 11 is 5.92. The van der Waals surface area contributed by atoms with E-state index in [1.54, 1.807) is 6.07 Å². The molecular formula is C17H16ClFN4O. The second-order valence-corrected chi connectivity index (χ2v) is 5.78. The molecule has 1 amide bonds. The van der Waals surface area contributed by atoms with Crippen molar-refractivity contribution in [1.29, 1.82) is 0 Å². The fourth-order valence-electron chi connectivity index (χ4n) is 2.46. The van der Waals surface area contributed by atoms with Crippen LogP contribution >= 0.6 is 11.6 Å². The second-order valence-electron chi connectivity index (χ2n) is 5.38. The topological polar surface area (TPSA) is 59.3 Å². The van der Waals surface area contributed by atoms with Gasteiger partial charge in [0.1, 0.15) is 11.6 Å². The van der Waals surface area contributed by atoms with E-state index in [1.165, 1.54) is 12.1 Å². The van der Waals surface area contributed by atoms with E-state index >= 15 is 0 Å². The van der Waals surface area contributed by atoms with E-state index in [2.05, 4.69) is 15.5 Å². The van der Waals surface area contributed by atoms with Gasteiger partial charge < -0.3 is 5.32 Å². The third-order valence-corrected chi connectivity index (χ3v) is 4.04. The number of rotatable bonds is 6. The molecule has 0 bridgehead atoms. The molecule has 0 saturated heterocycles. The highest BCUT2D eigenvalue weighted by Crippen LogP contribution is 2.19. The maximum Gasteiger partial charge on any atom is 0.224 e. The Labute approximate surface area is 143 Å². The lowest BCUT2D eigenvalue weighted by atomic mass is 10.1. The molecule has 0 aliphatic heterocycles. The smallest absolute Gasteiger partial charge is 0.224 e. The number of halogens is 2. The van der Waals surface area contributed by atoms with Crippen LogP contribution in [0.5, 0.6) is 0 Å². The average molecular weight is 347 g/mol. The molecular weight excluding hydrogens is 331 g/mol. The predicted octanol–water partition coefficient (Wildman–Crippen LogP) is 2.81. The van der Waals surface area contributed by atoms with Crippen LogP contribution in [0.4, 0.5) is 4.39 Å². The van der Waals surface area contributed by atoms with E-state index in [4.69, 9.17) is 11.6 Å². The van der Waals surface area contributed by atoms with Crippen molar-refractivity contribution in [2.24, 2.45) is 0 Å². The lowest BCUT2D eigenvalue weighted by molar-refractivity contribution is -0.120. The van der Waals surface area contributed by atoms with Gasteiger partial charge in [0.2, 0.25) is 5.91 Å². The molecule has 0 aliphatic carbocycles. The number of nitrogens with one attached hydrogen (secondary N) is 1. The molecule has 1 aromatic carbocycles. The fraction of sp³-hybridized carbons (Fsp3) is 0.235. The highest BCUT2D eigenvalue weighted by Gasteiger charge is 2.11. The van der Waals surface area contributed by atoms with Gasteiger partial charge in [-0.2, -0.15) is 0 Å². The van der Waals surface area contributed by atoms with Crippen LogP contribution in [0.2, 0.25) is 5.02 Å². The Bertz CT molecular complexity index is 844. The summed E-state index contributed by atoms with van der Waals surface area (Å²) in [4.78, 5) is 11.9. The maximum atomic E-state index is 13.7. The molecule has 5 nitrogen and oxygen atoms in total. The normalized spacial score (nSPS) is 10.9. The first kappa shape index (κ1) is 16.4. The van der Waals surface area contributed by atoms with Crippen molar-refractivity contribution in [3.63, 3.8) is 0 Å². The van der Waals surface area contributed by atoms with E-state index in [0.29, 0.717) is 19.4 Å². The molecule has 0 radical (unpaired) electrons. The van der Waals surface area contributed by atoms with Crippen molar-refractivity contribution < 1.29 is 9.18 Å². The fourth-order valence-corrected chi connectivity index (χ4v) is 2.69. The summed E-state index contributed by atoms with van der Waals surface area (Å²) in [5, 5.41) is 11.3. The maximum absolute atomic E-state index is 13.7. The van der Waals surface area contributed by atoms with Crippen LogP contribution in [0, 0.1) is 5.82 Å². The van der Waals surface area contributed by atoms with E-state index in [9.17, 15) is 9.18 Å².